The third kappa shape index (κ3) is 2.90. The number of nitrogens with two attached hydrogens (primary N) is 1. The maximum absolute atomic E-state index is 5.61. The van der Waals surface area contributed by atoms with E-state index in [1.165, 1.54) is 22.4 Å². The first kappa shape index (κ1) is 12.7. The van der Waals surface area contributed by atoms with E-state index >= 15 is 0 Å². The van der Waals surface area contributed by atoms with Crippen molar-refractivity contribution in [3.05, 3.63) is 54.1 Å². The van der Waals surface area contributed by atoms with Gasteiger partial charge in [0, 0.05) is 19.8 Å². The van der Waals surface area contributed by atoms with E-state index < -0.39 is 0 Å². The highest BCUT2D eigenvalue weighted by molar-refractivity contribution is 5.68. The number of hydrogen-bond donors (Lipinski definition) is 1. The van der Waals surface area contributed by atoms with E-state index in [9.17, 15) is 0 Å². The SMILES string of the molecule is CN(C)c1cccc(-c2cccc(CCN)c2)c1. The molecule has 0 aliphatic carbocycles. The fraction of sp³-hybridized carbons (Fsp3) is 0.250. The molecule has 0 unspecified atom stereocenters. The zero-order valence-electron chi connectivity index (χ0n) is 11.1. The van der Waals surface area contributed by atoms with Gasteiger partial charge in [-0.3, -0.25) is 0 Å². The van der Waals surface area contributed by atoms with E-state index in [-0.39, 0.29) is 0 Å². The van der Waals surface area contributed by atoms with Crippen molar-refractivity contribution in [2.75, 3.05) is 25.5 Å². The van der Waals surface area contributed by atoms with Crippen LogP contribution in [0.1, 0.15) is 5.56 Å². The number of rotatable bonds is 4. The summed E-state index contributed by atoms with van der Waals surface area (Å²) >= 11 is 0. The van der Waals surface area contributed by atoms with Crippen LogP contribution in [-0.2, 0) is 6.42 Å². The number of benzene rings is 2. The van der Waals surface area contributed by atoms with Crippen LogP contribution in [0.4, 0.5) is 5.69 Å². The summed E-state index contributed by atoms with van der Waals surface area (Å²) in [6.07, 6.45) is 0.932. The van der Waals surface area contributed by atoms with Gasteiger partial charge in [-0.05, 0) is 41.8 Å². The Balaban J connectivity index is 2.35. The van der Waals surface area contributed by atoms with Crippen LogP contribution in [0, 0.1) is 0 Å². The standard InChI is InChI=1S/C16H20N2/c1-18(2)16-8-4-7-15(12-16)14-6-3-5-13(11-14)9-10-17/h3-8,11-12H,9-10,17H2,1-2H3. The highest BCUT2D eigenvalue weighted by atomic mass is 15.1. The second-order valence-electron chi connectivity index (χ2n) is 4.68. The van der Waals surface area contributed by atoms with Crippen molar-refractivity contribution in [1.29, 1.82) is 0 Å². The zero-order valence-corrected chi connectivity index (χ0v) is 11.1. The number of anilines is 1. The Morgan fingerprint density at radius 3 is 2.28 bits per heavy atom. The van der Waals surface area contributed by atoms with E-state index in [1.807, 2.05) is 0 Å². The van der Waals surface area contributed by atoms with Gasteiger partial charge in [-0.2, -0.15) is 0 Å². The van der Waals surface area contributed by atoms with Gasteiger partial charge in [0.2, 0.25) is 0 Å². The molecular formula is C16H20N2. The van der Waals surface area contributed by atoms with E-state index in [1.54, 1.807) is 0 Å². The predicted molar refractivity (Wildman–Crippen MR) is 79.0 cm³/mol. The quantitative estimate of drug-likeness (QED) is 0.890. The molecule has 2 nitrogen and oxygen atoms in total. The summed E-state index contributed by atoms with van der Waals surface area (Å²) in [7, 11) is 4.12. The third-order valence-electron chi connectivity index (χ3n) is 3.06. The van der Waals surface area contributed by atoms with Gasteiger partial charge < -0.3 is 10.6 Å². The Bertz CT molecular complexity index is 518. The Morgan fingerprint density at radius 2 is 1.61 bits per heavy atom. The molecule has 2 rings (SSSR count). The van der Waals surface area contributed by atoms with Crippen LogP contribution < -0.4 is 10.6 Å². The average Bonchev–Trinajstić information content (AvgIpc) is 2.39. The van der Waals surface area contributed by atoms with Crippen molar-refractivity contribution < 1.29 is 0 Å². The largest absolute Gasteiger partial charge is 0.378 e. The van der Waals surface area contributed by atoms with Crippen LogP contribution in [0.15, 0.2) is 48.5 Å². The van der Waals surface area contributed by atoms with Gasteiger partial charge >= 0.3 is 0 Å². The van der Waals surface area contributed by atoms with Crippen molar-refractivity contribution in [2.24, 2.45) is 5.73 Å². The molecule has 0 radical (unpaired) electrons. The number of hydrogen-bond acceptors (Lipinski definition) is 2. The van der Waals surface area contributed by atoms with Gasteiger partial charge in [-0.1, -0.05) is 36.4 Å². The smallest absolute Gasteiger partial charge is 0.0367 e. The molecule has 0 atom stereocenters. The fourth-order valence-corrected chi connectivity index (χ4v) is 2.04. The van der Waals surface area contributed by atoms with Gasteiger partial charge in [0.1, 0.15) is 0 Å². The van der Waals surface area contributed by atoms with Crippen LogP contribution in [-0.4, -0.2) is 20.6 Å². The van der Waals surface area contributed by atoms with E-state index in [0.29, 0.717) is 6.54 Å². The lowest BCUT2D eigenvalue weighted by Crippen LogP contribution is -2.08. The first-order valence-corrected chi connectivity index (χ1v) is 6.27. The molecule has 0 aromatic heterocycles. The van der Waals surface area contributed by atoms with Gasteiger partial charge in [0.05, 0.1) is 0 Å². The van der Waals surface area contributed by atoms with Crippen molar-refractivity contribution in [3.63, 3.8) is 0 Å². The molecule has 94 valence electrons. The monoisotopic (exact) mass is 240 g/mol. The Hall–Kier alpha value is -1.80. The maximum Gasteiger partial charge on any atom is 0.0367 e. The van der Waals surface area contributed by atoms with Gasteiger partial charge in [0.25, 0.3) is 0 Å². The summed E-state index contributed by atoms with van der Waals surface area (Å²) < 4.78 is 0. The second kappa shape index (κ2) is 5.69. The molecule has 0 spiro atoms. The summed E-state index contributed by atoms with van der Waals surface area (Å²) in [6.45, 7) is 0.696. The normalized spacial score (nSPS) is 10.4. The summed E-state index contributed by atoms with van der Waals surface area (Å²) in [4.78, 5) is 2.12. The first-order chi connectivity index (χ1) is 8.70. The fourth-order valence-electron chi connectivity index (χ4n) is 2.04. The van der Waals surface area contributed by atoms with Gasteiger partial charge in [-0.15, -0.1) is 0 Å². The Kier molecular flexibility index (Phi) is 4.00. The van der Waals surface area contributed by atoms with Crippen molar-refractivity contribution >= 4 is 5.69 Å². The molecule has 2 aromatic carbocycles. The summed E-state index contributed by atoms with van der Waals surface area (Å²) in [5, 5.41) is 0. The Labute approximate surface area is 109 Å². The molecule has 2 heteroatoms. The topological polar surface area (TPSA) is 29.3 Å². The molecular weight excluding hydrogens is 220 g/mol. The minimum atomic E-state index is 0.696. The van der Waals surface area contributed by atoms with E-state index in [2.05, 4.69) is 67.5 Å². The van der Waals surface area contributed by atoms with Crippen molar-refractivity contribution in [2.45, 2.75) is 6.42 Å². The maximum atomic E-state index is 5.61. The number of nitrogens with zero attached hydrogens (tertiary/aromatic N) is 1. The van der Waals surface area contributed by atoms with E-state index in [0.717, 1.165) is 6.42 Å². The molecule has 0 aliphatic heterocycles. The van der Waals surface area contributed by atoms with Crippen LogP contribution in [0.3, 0.4) is 0 Å². The molecule has 0 bridgehead atoms. The van der Waals surface area contributed by atoms with Gasteiger partial charge in [0.15, 0.2) is 0 Å². The van der Waals surface area contributed by atoms with Gasteiger partial charge in [-0.25, -0.2) is 0 Å². The minimum Gasteiger partial charge on any atom is -0.378 e. The summed E-state index contributed by atoms with van der Waals surface area (Å²) in [5.74, 6) is 0. The lowest BCUT2D eigenvalue weighted by molar-refractivity contribution is 0.969. The predicted octanol–water partition coefficient (Wildman–Crippen LogP) is 2.92. The highest BCUT2D eigenvalue weighted by Crippen LogP contribution is 2.24. The molecule has 0 amide bonds. The van der Waals surface area contributed by atoms with Crippen LogP contribution in [0.2, 0.25) is 0 Å². The van der Waals surface area contributed by atoms with Crippen LogP contribution in [0.25, 0.3) is 11.1 Å². The van der Waals surface area contributed by atoms with Crippen LogP contribution in [0.5, 0.6) is 0 Å². The highest BCUT2D eigenvalue weighted by Gasteiger charge is 2.01. The molecule has 0 heterocycles. The Morgan fingerprint density at radius 1 is 0.944 bits per heavy atom. The summed E-state index contributed by atoms with van der Waals surface area (Å²) in [5.41, 5.74) is 10.6. The second-order valence-corrected chi connectivity index (χ2v) is 4.68. The molecule has 0 fully saturated rings. The molecule has 0 aliphatic rings. The lowest BCUT2D eigenvalue weighted by atomic mass is 10.0. The third-order valence-corrected chi connectivity index (χ3v) is 3.06. The first-order valence-electron chi connectivity index (χ1n) is 6.27. The average molecular weight is 240 g/mol. The van der Waals surface area contributed by atoms with E-state index in [4.69, 9.17) is 5.73 Å². The van der Waals surface area contributed by atoms with Crippen molar-refractivity contribution in [3.8, 4) is 11.1 Å². The molecule has 18 heavy (non-hydrogen) atoms. The minimum absolute atomic E-state index is 0.696. The molecule has 2 aromatic rings. The molecule has 2 N–H and O–H groups in total. The van der Waals surface area contributed by atoms with Crippen molar-refractivity contribution in [1.82, 2.24) is 0 Å². The lowest BCUT2D eigenvalue weighted by Gasteiger charge is -2.14. The van der Waals surface area contributed by atoms with Crippen LogP contribution >= 0.6 is 0 Å². The summed E-state index contributed by atoms with van der Waals surface area (Å²) in [6, 6.07) is 17.2. The molecule has 0 saturated carbocycles. The zero-order chi connectivity index (χ0) is 13.0. The molecule has 0 saturated heterocycles.